The van der Waals surface area contributed by atoms with Crippen molar-refractivity contribution in [2.45, 2.75) is 38.6 Å². The fourth-order valence-electron chi connectivity index (χ4n) is 2.96. The molecule has 3 rings (SSSR count). The van der Waals surface area contributed by atoms with E-state index in [1.165, 1.54) is 0 Å². The second-order valence-corrected chi connectivity index (χ2v) is 5.03. The third kappa shape index (κ3) is 1.99. The molecule has 0 aliphatic heterocycles. The topological polar surface area (TPSA) is 68.0 Å². The Balaban J connectivity index is 2.16. The van der Waals surface area contributed by atoms with Crippen LogP contribution in [0.4, 0.5) is 0 Å². The summed E-state index contributed by atoms with van der Waals surface area (Å²) in [5.41, 5.74) is 2.82. The van der Waals surface area contributed by atoms with Gasteiger partial charge in [0.15, 0.2) is 0 Å². The van der Waals surface area contributed by atoms with Gasteiger partial charge in [-0.05, 0) is 38.3 Å². The molecule has 0 radical (unpaired) electrons. The molecule has 1 atom stereocenters. The molecule has 2 aromatic heterocycles. The molecular formula is C15H17N3O2. The van der Waals surface area contributed by atoms with Crippen molar-refractivity contribution in [2.24, 2.45) is 0 Å². The lowest BCUT2D eigenvalue weighted by Gasteiger charge is -2.19. The van der Waals surface area contributed by atoms with Crippen molar-refractivity contribution in [3.05, 3.63) is 35.9 Å². The zero-order valence-electron chi connectivity index (χ0n) is 11.4. The number of rotatable bonds is 3. The van der Waals surface area contributed by atoms with Gasteiger partial charge in [-0.1, -0.05) is 0 Å². The number of nitrogens with zero attached hydrogens (tertiary/aromatic N) is 3. The Morgan fingerprint density at radius 2 is 2.20 bits per heavy atom. The Morgan fingerprint density at radius 1 is 1.45 bits per heavy atom. The highest BCUT2D eigenvalue weighted by Crippen LogP contribution is 2.34. The third-order valence-electron chi connectivity index (χ3n) is 3.89. The van der Waals surface area contributed by atoms with Gasteiger partial charge in [0.1, 0.15) is 11.7 Å². The number of pyridine rings is 1. The van der Waals surface area contributed by atoms with Gasteiger partial charge in [-0.25, -0.2) is 4.98 Å². The number of carboxylic acid groups (broad SMARTS) is 1. The van der Waals surface area contributed by atoms with E-state index in [1.54, 1.807) is 12.4 Å². The Hall–Kier alpha value is -2.17. The van der Waals surface area contributed by atoms with Crippen LogP contribution in [0.2, 0.25) is 0 Å². The van der Waals surface area contributed by atoms with E-state index >= 15 is 0 Å². The van der Waals surface area contributed by atoms with Gasteiger partial charge in [0.25, 0.3) is 0 Å². The lowest BCUT2D eigenvalue weighted by Crippen LogP contribution is -2.19. The minimum absolute atomic E-state index is 0.466. The molecule has 1 N–H and O–H groups in total. The third-order valence-corrected chi connectivity index (χ3v) is 3.89. The first kappa shape index (κ1) is 12.8. The van der Waals surface area contributed by atoms with E-state index in [0.29, 0.717) is 6.42 Å². The first-order valence-corrected chi connectivity index (χ1v) is 6.95. The quantitative estimate of drug-likeness (QED) is 0.931. The highest BCUT2D eigenvalue weighted by atomic mass is 16.4. The zero-order chi connectivity index (χ0) is 14.1. The summed E-state index contributed by atoms with van der Waals surface area (Å²) in [4.78, 5) is 20.1. The molecule has 1 aliphatic carbocycles. The van der Waals surface area contributed by atoms with E-state index in [4.69, 9.17) is 0 Å². The number of imidazole rings is 1. The van der Waals surface area contributed by atoms with Crippen LogP contribution in [0, 0.1) is 0 Å². The number of aromatic nitrogens is 3. The van der Waals surface area contributed by atoms with Crippen molar-refractivity contribution in [1.82, 2.24) is 14.5 Å². The molecule has 0 spiro atoms. The Labute approximate surface area is 117 Å². The summed E-state index contributed by atoms with van der Waals surface area (Å²) >= 11 is 0. The molecule has 0 saturated heterocycles. The van der Waals surface area contributed by atoms with Crippen LogP contribution in [-0.2, 0) is 17.8 Å². The van der Waals surface area contributed by atoms with E-state index in [9.17, 15) is 9.90 Å². The molecule has 2 aromatic rings. The number of hydrogen-bond acceptors (Lipinski definition) is 3. The molecule has 1 unspecified atom stereocenters. The average molecular weight is 271 g/mol. The highest BCUT2D eigenvalue weighted by molar-refractivity contribution is 5.76. The van der Waals surface area contributed by atoms with Crippen LogP contribution in [-0.4, -0.2) is 25.6 Å². The molecule has 104 valence electrons. The molecule has 0 aromatic carbocycles. The van der Waals surface area contributed by atoms with Crippen molar-refractivity contribution in [1.29, 1.82) is 0 Å². The molecule has 0 bridgehead atoms. The lowest BCUT2D eigenvalue weighted by molar-refractivity contribution is -0.139. The predicted octanol–water partition coefficient (Wildman–Crippen LogP) is 2.47. The van der Waals surface area contributed by atoms with Crippen molar-refractivity contribution >= 4 is 5.97 Å². The Kier molecular flexibility index (Phi) is 3.26. The van der Waals surface area contributed by atoms with E-state index in [2.05, 4.69) is 21.5 Å². The normalized spacial score (nSPS) is 17.8. The molecule has 0 fully saturated rings. The predicted molar refractivity (Wildman–Crippen MR) is 74.4 cm³/mol. The van der Waals surface area contributed by atoms with Gasteiger partial charge >= 0.3 is 5.97 Å². The van der Waals surface area contributed by atoms with Crippen LogP contribution < -0.4 is 0 Å². The molecule has 5 nitrogen and oxygen atoms in total. The summed E-state index contributed by atoms with van der Waals surface area (Å²) in [7, 11) is 0. The standard InChI is InChI=1S/C15H17N3O2/c1-2-18-12-5-3-4-11(15(19)20)13(12)17-14(18)10-6-8-16-9-7-10/h6-9,11H,2-5H2,1H3,(H,19,20). The van der Waals surface area contributed by atoms with Crippen molar-refractivity contribution in [2.75, 3.05) is 0 Å². The van der Waals surface area contributed by atoms with Gasteiger partial charge in [0.05, 0.1) is 5.69 Å². The fraction of sp³-hybridized carbons (Fsp3) is 0.400. The van der Waals surface area contributed by atoms with Gasteiger partial charge in [0, 0.05) is 30.2 Å². The largest absolute Gasteiger partial charge is 0.481 e. The van der Waals surface area contributed by atoms with Gasteiger partial charge in [-0.15, -0.1) is 0 Å². The molecule has 2 heterocycles. The SMILES string of the molecule is CCn1c(-c2ccncc2)nc2c1CCCC2C(=O)O. The van der Waals surface area contributed by atoms with Crippen molar-refractivity contribution < 1.29 is 9.90 Å². The second-order valence-electron chi connectivity index (χ2n) is 5.03. The summed E-state index contributed by atoms with van der Waals surface area (Å²) in [5.74, 6) is -0.381. The van der Waals surface area contributed by atoms with Crippen LogP contribution in [0.15, 0.2) is 24.5 Å². The highest BCUT2D eigenvalue weighted by Gasteiger charge is 2.31. The molecule has 0 amide bonds. The summed E-state index contributed by atoms with van der Waals surface area (Å²) in [6.07, 6.45) is 5.96. The number of fused-ring (bicyclic) bond motifs is 1. The molecule has 20 heavy (non-hydrogen) atoms. The van der Waals surface area contributed by atoms with Gasteiger partial charge in [-0.3, -0.25) is 9.78 Å². The molecule has 5 heteroatoms. The van der Waals surface area contributed by atoms with Crippen molar-refractivity contribution in [3.63, 3.8) is 0 Å². The van der Waals surface area contributed by atoms with Crippen molar-refractivity contribution in [3.8, 4) is 11.4 Å². The summed E-state index contributed by atoms with van der Waals surface area (Å²) < 4.78 is 2.14. The molecule has 1 aliphatic rings. The van der Waals surface area contributed by atoms with Gasteiger partial charge in [0.2, 0.25) is 0 Å². The van der Waals surface area contributed by atoms with Crippen LogP contribution in [0.3, 0.4) is 0 Å². The smallest absolute Gasteiger partial charge is 0.312 e. The number of hydrogen-bond donors (Lipinski definition) is 1. The monoisotopic (exact) mass is 271 g/mol. The summed E-state index contributed by atoms with van der Waals surface area (Å²) in [6, 6.07) is 3.82. The van der Waals surface area contributed by atoms with Crippen LogP contribution >= 0.6 is 0 Å². The maximum Gasteiger partial charge on any atom is 0.312 e. The Bertz CT molecular complexity index is 634. The molecule has 0 saturated carbocycles. The second kappa shape index (κ2) is 5.07. The van der Waals surface area contributed by atoms with E-state index in [-0.39, 0.29) is 0 Å². The first-order valence-electron chi connectivity index (χ1n) is 6.95. The van der Waals surface area contributed by atoms with E-state index in [0.717, 1.165) is 42.2 Å². The van der Waals surface area contributed by atoms with Crippen LogP contribution in [0.1, 0.15) is 37.1 Å². The zero-order valence-corrected chi connectivity index (χ0v) is 11.4. The number of carbonyl (C=O) groups is 1. The van der Waals surface area contributed by atoms with Crippen LogP contribution in [0.5, 0.6) is 0 Å². The van der Waals surface area contributed by atoms with E-state index in [1.807, 2.05) is 12.1 Å². The van der Waals surface area contributed by atoms with E-state index < -0.39 is 11.9 Å². The van der Waals surface area contributed by atoms with Crippen LogP contribution in [0.25, 0.3) is 11.4 Å². The number of aliphatic carboxylic acids is 1. The first-order chi connectivity index (χ1) is 9.72. The minimum atomic E-state index is -0.770. The minimum Gasteiger partial charge on any atom is -0.481 e. The lowest BCUT2D eigenvalue weighted by atomic mass is 9.90. The summed E-state index contributed by atoms with van der Waals surface area (Å²) in [6.45, 7) is 2.86. The molecular weight excluding hydrogens is 254 g/mol. The van der Waals surface area contributed by atoms with Gasteiger partial charge < -0.3 is 9.67 Å². The maximum atomic E-state index is 11.4. The van der Waals surface area contributed by atoms with Gasteiger partial charge in [-0.2, -0.15) is 0 Å². The Morgan fingerprint density at radius 3 is 2.85 bits per heavy atom. The summed E-state index contributed by atoms with van der Waals surface area (Å²) in [5, 5.41) is 9.37. The average Bonchev–Trinajstić information content (AvgIpc) is 2.86. The maximum absolute atomic E-state index is 11.4. The fourth-order valence-corrected chi connectivity index (χ4v) is 2.96. The number of carboxylic acids is 1.